The van der Waals surface area contributed by atoms with Crippen molar-refractivity contribution in [3.63, 3.8) is 0 Å². The van der Waals surface area contributed by atoms with Crippen LogP contribution in [-0.4, -0.2) is 66.8 Å². The predicted molar refractivity (Wildman–Crippen MR) is 143 cm³/mol. The number of hydrogen-bond donors (Lipinski definition) is 4. The summed E-state index contributed by atoms with van der Waals surface area (Å²) in [5.41, 5.74) is -1.46. The second-order valence-electron chi connectivity index (χ2n) is 10.5. The molecule has 38 heavy (non-hydrogen) atoms. The van der Waals surface area contributed by atoms with Crippen molar-refractivity contribution in [3.8, 4) is 0 Å². The molecule has 1 aromatic carbocycles. The van der Waals surface area contributed by atoms with Gasteiger partial charge in [0.15, 0.2) is 11.5 Å². The summed E-state index contributed by atoms with van der Waals surface area (Å²) >= 11 is 0. The molecule has 1 amide bonds. The molecule has 3 unspecified atom stereocenters. The van der Waals surface area contributed by atoms with Gasteiger partial charge in [-0.1, -0.05) is 19.9 Å². The molecule has 2 aromatic heterocycles. The number of pyridine rings is 1. The molecule has 10 heteroatoms. The molecule has 2 aliphatic rings. The summed E-state index contributed by atoms with van der Waals surface area (Å²) in [5.74, 6) is -1.85. The SMILES string of the molecule is CC.Cc1ccc(Nc2c(C(=O)N3CC(O)(C(C)NC4CCCC4(C)O)C3)cn3ccnc3c2F)c(F)c1. The molecule has 0 spiro atoms. The van der Waals surface area contributed by atoms with Crippen LogP contribution in [0, 0.1) is 18.6 Å². The van der Waals surface area contributed by atoms with Gasteiger partial charge in [0.05, 0.1) is 35.6 Å². The maximum atomic E-state index is 15.5. The molecule has 3 heterocycles. The monoisotopic (exact) mass is 529 g/mol. The van der Waals surface area contributed by atoms with Crippen molar-refractivity contribution in [3.05, 3.63) is 59.6 Å². The number of likely N-dealkylation sites (tertiary alicyclic amines) is 1. The van der Waals surface area contributed by atoms with Crippen molar-refractivity contribution >= 4 is 22.9 Å². The van der Waals surface area contributed by atoms with E-state index in [2.05, 4.69) is 15.6 Å². The molecule has 3 aromatic rings. The predicted octanol–water partition coefficient (Wildman–Crippen LogP) is 4.16. The first kappa shape index (κ1) is 27.9. The number of aliphatic hydroxyl groups is 2. The highest BCUT2D eigenvalue weighted by Gasteiger charge is 2.50. The Hall–Kier alpha value is -3.08. The minimum atomic E-state index is -1.19. The van der Waals surface area contributed by atoms with Gasteiger partial charge in [0.2, 0.25) is 0 Å². The van der Waals surface area contributed by atoms with Crippen molar-refractivity contribution in [2.75, 3.05) is 18.4 Å². The Morgan fingerprint density at radius 3 is 2.58 bits per heavy atom. The fourth-order valence-corrected chi connectivity index (χ4v) is 5.23. The van der Waals surface area contributed by atoms with E-state index in [9.17, 15) is 19.4 Å². The third-order valence-electron chi connectivity index (χ3n) is 7.64. The van der Waals surface area contributed by atoms with E-state index in [0.717, 1.165) is 12.8 Å². The molecule has 5 rings (SSSR count). The fourth-order valence-electron chi connectivity index (χ4n) is 5.23. The highest BCUT2D eigenvalue weighted by molar-refractivity contribution is 6.01. The van der Waals surface area contributed by atoms with E-state index in [0.29, 0.717) is 12.0 Å². The molecular formula is C28H37F2N5O3. The zero-order chi connectivity index (χ0) is 27.8. The summed E-state index contributed by atoms with van der Waals surface area (Å²) in [6, 6.07) is 3.98. The lowest BCUT2D eigenvalue weighted by molar-refractivity contribution is -0.106. The molecule has 1 saturated carbocycles. The Bertz CT molecular complexity index is 1320. The summed E-state index contributed by atoms with van der Waals surface area (Å²) in [7, 11) is 0. The van der Waals surface area contributed by atoms with Crippen LogP contribution in [0.3, 0.4) is 0 Å². The summed E-state index contributed by atoms with van der Waals surface area (Å²) in [4.78, 5) is 18.9. The summed E-state index contributed by atoms with van der Waals surface area (Å²) < 4.78 is 31.4. The Kier molecular flexibility index (Phi) is 7.79. The van der Waals surface area contributed by atoms with Gasteiger partial charge in [-0.2, -0.15) is 0 Å². The van der Waals surface area contributed by atoms with Gasteiger partial charge in [0.25, 0.3) is 5.91 Å². The van der Waals surface area contributed by atoms with E-state index in [-0.39, 0.29) is 47.8 Å². The lowest BCUT2D eigenvalue weighted by Crippen LogP contribution is -2.72. The number of aryl methyl sites for hydroxylation is 1. The number of carbonyl (C=O) groups is 1. The zero-order valence-corrected chi connectivity index (χ0v) is 22.6. The molecule has 206 valence electrons. The molecule has 8 nitrogen and oxygen atoms in total. The van der Waals surface area contributed by atoms with Crippen LogP contribution < -0.4 is 10.6 Å². The third-order valence-corrected chi connectivity index (χ3v) is 7.64. The summed E-state index contributed by atoms with van der Waals surface area (Å²) in [6.45, 7) is 9.44. The maximum Gasteiger partial charge on any atom is 0.257 e. The number of aromatic nitrogens is 2. The number of imidazole rings is 1. The number of carbonyl (C=O) groups excluding carboxylic acids is 1. The molecule has 0 bridgehead atoms. The summed E-state index contributed by atoms with van der Waals surface area (Å²) in [6.07, 6.45) is 6.80. The minimum Gasteiger partial charge on any atom is -0.389 e. The van der Waals surface area contributed by atoms with E-state index >= 15 is 4.39 Å². The number of fused-ring (bicyclic) bond motifs is 1. The van der Waals surface area contributed by atoms with Crippen LogP contribution in [0.2, 0.25) is 0 Å². The van der Waals surface area contributed by atoms with Crippen molar-refractivity contribution in [1.82, 2.24) is 19.6 Å². The smallest absolute Gasteiger partial charge is 0.257 e. The van der Waals surface area contributed by atoms with Gasteiger partial charge in [0.1, 0.15) is 11.4 Å². The van der Waals surface area contributed by atoms with Crippen LogP contribution in [0.1, 0.15) is 62.9 Å². The van der Waals surface area contributed by atoms with E-state index in [1.54, 1.807) is 19.9 Å². The van der Waals surface area contributed by atoms with Crippen LogP contribution in [-0.2, 0) is 0 Å². The molecule has 2 fully saturated rings. The van der Waals surface area contributed by atoms with Crippen LogP contribution in [0.5, 0.6) is 0 Å². The van der Waals surface area contributed by atoms with Gasteiger partial charge < -0.3 is 30.1 Å². The van der Waals surface area contributed by atoms with E-state index in [4.69, 9.17) is 0 Å². The lowest BCUT2D eigenvalue weighted by Gasteiger charge is -2.51. The van der Waals surface area contributed by atoms with Crippen molar-refractivity contribution in [2.45, 2.75) is 77.2 Å². The highest BCUT2D eigenvalue weighted by atomic mass is 19.1. The van der Waals surface area contributed by atoms with Gasteiger partial charge >= 0.3 is 0 Å². The molecule has 3 atom stereocenters. The second-order valence-corrected chi connectivity index (χ2v) is 10.5. The zero-order valence-electron chi connectivity index (χ0n) is 22.6. The Morgan fingerprint density at radius 1 is 1.24 bits per heavy atom. The third kappa shape index (κ3) is 5.12. The summed E-state index contributed by atoms with van der Waals surface area (Å²) in [5, 5.41) is 27.8. The van der Waals surface area contributed by atoms with E-state index in [1.807, 2.05) is 20.8 Å². The van der Waals surface area contributed by atoms with Gasteiger partial charge in [-0.05, 0) is 57.7 Å². The van der Waals surface area contributed by atoms with Gasteiger partial charge in [-0.3, -0.25) is 4.79 Å². The number of nitrogens with zero attached hydrogens (tertiary/aromatic N) is 3. The van der Waals surface area contributed by atoms with Gasteiger partial charge in [-0.25, -0.2) is 13.8 Å². The van der Waals surface area contributed by atoms with Crippen LogP contribution in [0.4, 0.5) is 20.2 Å². The molecule has 1 aliphatic carbocycles. The molecule has 4 N–H and O–H groups in total. The fraction of sp³-hybridized carbons (Fsp3) is 0.500. The minimum absolute atomic E-state index is 0.000589. The van der Waals surface area contributed by atoms with Crippen LogP contribution >= 0.6 is 0 Å². The van der Waals surface area contributed by atoms with Crippen molar-refractivity contribution in [1.29, 1.82) is 0 Å². The molecule has 1 aliphatic heterocycles. The van der Waals surface area contributed by atoms with Crippen LogP contribution in [0.25, 0.3) is 5.65 Å². The number of rotatable bonds is 6. The van der Waals surface area contributed by atoms with Gasteiger partial charge in [0, 0.05) is 30.7 Å². The van der Waals surface area contributed by atoms with Crippen molar-refractivity contribution in [2.24, 2.45) is 0 Å². The molecule has 0 radical (unpaired) electrons. The number of nitrogens with one attached hydrogen (secondary N) is 2. The first-order valence-electron chi connectivity index (χ1n) is 13.2. The Balaban J connectivity index is 0.00000164. The van der Waals surface area contributed by atoms with Gasteiger partial charge in [-0.15, -0.1) is 0 Å². The Morgan fingerprint density at radius 2 is 1.95 bits per heavy atom. The van der Waals surface area contributed by atoms with E-state index in [1.165, 1.54) is 40.0 Å². The normalized spacial score (nSPS) is 23.0. The number of hydrogen-bond acceptors (Lipinski definition) is 6. The van der Waals surface area contributed by atoms with E-state index < -0.39 is 28.7 Å². The average Bonchev–Trinajstić information content (AvgIpc) is 3.46. The number of halogens is 2. The first-order valence-corrected chi connectivity index (χ1v) is 13.2. The standard InChI is InChI=1S/C26H31F2N5O3.C2H6/c1-15-6-7-19(18(27)11-15)31-22-17(12-32-10-9-29-23(32)21(22)28)24(34)33-13-26(36,14-33)16(2)30-20-5-4-8-25(20,3)35;1-2/h6-7,9-12,16,20,30-31,35-36H,4-5,8,13-14H2,1-3H3;1-2H3. The van der Waals surface area contributed by atoms with Crippen molar-refractivity contribution < 1.29 is 23.8 Å². The number of amides is 1. The molecular weight excluding hydrogens is 492 g/mol. The topological polar surface area (TPSA) is 102 Å². The number of β-amino-alcohol motifs (C(OH)–C–C–N with tert-alkyl or cyclic N) is 1. The first-order chi connectivity index (χ1) is 18.0. The molecule has 1 saturated heterocycles. The number of anilines is 2. The average molecular weight is 530 g/mol. The lowest BCUT2D eigenvalue weighted by atomic mass is 9.85. The largest absolute Gasteiger partial charge is 0.389 e. The van der Waals surface area contributed by atoms with Crippen LogP contribution in [0.15, 0.2) is 36.8 Å². The second kappa shape index (κ2) is 10.6. The number of benzene rings is 1. The highest BCUT2D eigenvalue weighted by Crippen LogP contribution is 2.35. The quantitative estimate of drug-likeness (QED) is 0.383. The Labute approximate surface area is 221 Å². The maximum absolute atomic E-state index is 15.5.